The number of aliphatic hydroxyl groups is 2. The number of carbonyl (C=O) groups is 1. The lowest BCUT2D eigenvalue weighted by atomic mass is 9.98. The topological polar surface area (TPSA) is 95.7 Å². The van der Waals surface area contributed by atoms with Gasteiger partial charge in [-0.15, -0.1) is 0 Å². The third-order valence-electron chi connectivity index (χ3n) is 8.54. The number of aromatic nitrogens is 1. The predicted octanol–water partition coefficient (Wildman–Crippen LogP) is 3.96. The molecule has 220 valence electrons. The molecule has 1 aromatic carbocycles. The number of hydrogen-bond donors (Lipinski definition) is 2. The number of amidine groups is 1. The van der Waals surface area contributed by atoms with Gasteiger partial charge in [0.2, 0.25) is 12.3 Å². The number of anilines is 3. The molecule has 10 heteroatoms. The van der Waals surface area contributed by atoms with Crippen molar-refractivity contribution in [2.45, 2.75) is 58.8 Å². The Balaban J connectivity index is 1.64. The second-order valence-electron chi connectivity index (χ2n) is 11.1. The molecule has 2 N–H and O–H groups in total. The Labute approximate surface area is 247 Å². The van der Waals surface area contributed by atoms with Crippen LogP contribution in [0.1, 0.15) is 50.3 Å². The number of piperazine rings is 1. The van der Waals surface area contributed by atoms with Crippen molar-refractivity contribution in [1.82, 2.24) is 14.8 Å². The van der Waals surface area contributed by atoms with Crippen molar-refractivity contribution in [3.63, 3.8) is 0 Å². The second-order valence-corrected chi connectivity index (χ2v) is 11.5. The standard InChI is InChI=1S/C31H41ClN6O3/c1-5-22-11-8-12-23(6-2)27(22)38-29-24(16-25(32)30(33-29)36-13-9-10-21(18-36)19-39)28(34-31(38)41)37-15-14-35(17-20(37)4)26(40)7-3/h7-8,11-12,16,20-21,31,39,41H,3,5-6,9-10,13-15,17-19H2,1-2,4H3. The quantitative estimate of drug-likeness (QED) is 0.499. The van der Waals surface area contributed by atoms with Crippen LogP contribution in [0, 0.1) is 5.92 Å². The summed E-state index contributed by atoms with van der Waals surface area (Å²) in [6.45, 7) is 13.1. The maximum atomic E-state index is 12.3. The fourth-order valence-corrected chi connectivity index (χ4v) is 6.64. The molecule has 5 rings (SSSR count). The van der Waals surface area contributed by atoms with Gasteiger partial charge in [0.15, 0.2) is 0 Å². The van der Waals surface area contributed by atoms with Gasteiger partial charge in [-0.1, -0.05) is 50.2 Å². The molecule has 0 bridgehead atoms. The Morgan fingerprint density at radius 1 is 1.15 bits per heavy atom. The van der Waals surface area contributed by atoms with E-state index in [0.717, 1.165) is 54.6 Å². The van der Waals surface area contributed by atoms with Crippen LogP contribution in [-0.2, 0) is 17.6 Å². The minimum absolute atomic E-state index is 0.0435. The zero-order valence-electron chi connectivity index (χ0n) is 24.3. The average Bonchev–Trinajstić information content (AvgIpc) is 3.00. The zero-order chi connectivity index (χ0) is 29.3. The van der Waals surface area contributed by atoms with E-state index in [4.69, 9.17) is 21.6 Å². The number of nitrogens with zero attached hydrogens (tertiary/aromatic N) is 6. The average molecular weight is 581 g/mol. The summed E-state index contributed by atoms with van der Waals surface area (Å²) >= 11 is 6.97. The molecule has 3 aliphatic rings. The lowest BCUT2D eigenvalue weighted by Crippen LogP contribution is -2.56. The molecule has 3 atom stereocenters. The highest BCUT2D eigenvalue weighted by Gasteiger charge is 2.38. The maximum Gasteiger partial charge on any atom is 0.246 e. The molecule has 3 unspecified atom stereocenters. The van der Waals surface area contributed by atoms with Crippen LogP contribution in [0.15, 0.2) is 41.9 Å². The minimum atomic E-state index is -1.19. The van der Waals surface area contributed by atoms with Gasteiger partial charge in [-0.25, -0.2) is 9.98 Å². The molecular formula is C31H41ClN6O3. The number of pyridine rings is 1. The van der Waals surface area contributed by atoms with Crippen LogP contribution in [0.4, 0.5) is 17.3 Å². The first-order valence-electron chi connectivity index (χ1n) is 14.7. The van der Waals surface area contributed by atoms with E-state index in [-0.39, 0.29) is 24.5 Å². The number of carbonyl (C=O) groups excluding carboxylic acids is 1. The van der Waals surface area contributed by atoms with Crippen molar-refractivity contribution >= 4 is 40.7 Å². The van der Waals surface area contributed by atoms with Crippen molar-refractivity contribution in [3.8, 4) is 0 Å². The number of hydrogen-bond acceptors (Lipinski definition) is 8. The van der Waals surface area contributed by atoms with E-state index in [2.05, 4.69) is 55.3 Å². The molecule has 2 aromatic rings. The summed E-state index contributed by atoms with van der Waals surface area (Å²) in [4.78, 5) is 30.3. The summed E-state index contributed by atoms with van der Waals surface area (Å²) < 4.78 is 0. The maximum absolute atomic E-state index is 12.3. The van der Waals surface area contributed by atoms with Crippen LogP contribution >= 0.6 is 11.6 Å². The van der Waals surface area contributed by atoms with Crippen LogP contribution in [0.25, 0.3) is 0 Å². The lowest BCUT2D eigenvalue weighted by molar-refractivity contribution is -0.128. The molecule has 0 radical (unpaired) electrons. The minimum Gasteiger partial charge on any atom is -0.396 e. The van der Waals surface area contributed by atoms with E-state index in [1.54, 1.807) is 4.90 Å². The molecule has 41 heavy (non-hydrogen) atoms. The van der Waals surface area contributed by atoms with Crippen LogP contribution in [0.2, 0.25) is 5.02 Å². The molecule has 0 spiro atoms. The SMILES string of the molecule is C=CC(=O)N1CCN(C2=NC(O)N(c3c(CC)cccc3CC)c3nc(N4CCCC(CO)C4)c(Cl)cc32)C(C)C1. The van der Waals surface area contributed by atoms with Crippen molar-refractivity contribution in [3.05, 3.63) is 58.6 Å². The first-order valence-corrected chi connectivity index (χ1v) is 15.1. The van der Waals surface area contributed by atoms with Crippen molar-refractivity contribution < 1.29 is 15.0 Å². The van der Waals surface area contributed by atoms with Gasteiger partial charge in [0.1, 0.15) is 17.5 Å². The number of aliphatic imine (C=N–C) groups is 1. The Morgan fingerprint density at radius 3 is 2.51 bits per heavy atom. The Morgan fingerprint density at radius 2 is 1.88 bits per heavy atom. The number of halogens is 1. The van der Waals surface area contributed by atoms with Crippen LogP contribution in [0.3, 0.4) is 0 Å². The fourth-order valence-electron chi connectivity index (χ4n) is 6.37. The van der Waals surface area contributed by atoms with Gasteiger partial charge in [0.25, 0.3) is 0 Å². The number of rotatable bonds is 6. The third kappa shape index (κ3) is 5.55. The van der Waals surface area contributed by atoms with E-state index in [9.17, 15) is 15.0 Å². The fraction of sp³-hybridized carbons (Fsp3) is 0.516. The van der Waals surface area contributed by atoms with E-state index in [0.29, 0.717) is 48.7 Å². The van der Waals surface area contributed by atoms with Crippen molar-refractivity contribution in [2.24, 2.45) is 10.9 Å². The number of fused-ring (bicyclic) bond motifs is 1. The highest BCUT2D eigenvalue weighted by molar-refractivity contribution is 6.33. The summed E-state index contributed by atoms with van der Waals surface area (Å²) in [5, 5.41) is 22.1. The van der Waals surface area contributed by atoms with Crippen molar-refractivity contribution in [1.29, 1.82) is 0 Å². The summed E-state index contributed by atoms with van der Waals surface area (Å²) in [6, 6.07) is 8.12. The largest absolute Gasteiger partial charge is 0.396 e. The van der Waals surface area contributed by atoms with Gasteiger partial charge in [-0.2, -0.15) is 0 Å². The van der Waals surface area contributed by atoms with Gasteiger partial charge >= 0.3 is 0 Å². The van der Waals surface area contributed by atoms with Gasteiger partial charge < -0.3 is 24.9 Å². The number of para-hydroxylation sites is 1. The summed E-state index contributed by atoms with van der Waals surface area (Å²) in [5.74, 6) is 1.97. The molecule has 0 saturated carbocycles. The summed E-state index contributed by atoms with van der Waals surface area (Å²) in [6.07, 6.45) is 3.66. The normalized spacial score (nSPS) is 22.9. The Bertz CT molecular complexity index is 1310. The van der Waals surface area contributed by atoms with Gasteiger partial charge in [0, 0.05) is 45.4 Å². The number of aliphatic hydroxyl groups excluding tert-OH is 2. The van der Waals surface area contributed by atoms with E-state index in [1.165, 1.54) is 6.08 Å². The molecule has 2 fully saturated rings. The molecule has 0 aliphatic carbocycles. The lowest BCUT2D eigenvalue weighted by Gasteiger charge is -2.44. The molecule has 2 saturated heterocycles. The highest BCUT2D eigenvalue weighted by Crippen LogP contribution is 2.42. The molecule has 9 nitrogen and oxygen atoms in total. The smallest absolute Gasteiger partial charge is 0.246 e. The van der Waals surface area contributed by atoms with Gasteiger partial charge in [-0.3, -0.25) is 9.69 Å². The number of piperidine rings is 1. The number of amides is 1. The third-order valence-corrected chi connectivity index (χ3v) is 8.82. The Kier molecular flexibility index (Phi) is 8.87. The molecule has 1 aromatic heterocycles. The van der Waals surface area contributed by atoms with Crippen LogP contribution in [-0.4, -0.2) is 88.5 Å². The van der Waals surface area contributed by atoms with Crippen LogP contribution < -0.4 is 9.80 Å². The number of aryl methyl sites for hydroxylation is 2. The van der Waals surface area contributed by atoms with Crippen molar-refractivity contribution in [2.75, 3.05) is 49.1 Å². The monoisotopic (exact) mass is 580 g/mol. The second kappa shape index (κ2) is 12.4. The molecular weight excluding hydrogens is 540 g/mol. The molecule has 3 aliphatic heterocycles. The first-order chi connectivity index (χ1) is 19.8. The van der Waals surface area contributed by atoms with E-state index in [1.807, 2.05) is 11.0 Å². The van der Waals surface area contributed by atoms with E-state index < -0.39 is 6.35 Å². The predicted molar refractivity (Wildman–Crippen MR) is 164 cm³/mol. The summed E-state index contributed by atoms with van der Waals surface area (Å²) in [5.41, 5.74) is 3.89. The first kappa shape index (κ1) is 29.4. The van der Waals surface area contributed by atoms with Gasteiger partial charge in [-0.05, 0) is 61.8 Å². The summed E-state index contributed by atoms with van der Waals surface area (Å²) in [7, 11) is 0. The highest BCUT2D eigenvalue weighted by atomic mass is 35.5. The zero-order valence-corrected chi connectivity index (χ0v) is 25.0. The Hall–Kier alpha value is -3.14. The molecule has 1 amide bonds. The van der Waals surface area contributed by atoms with Crippen LogP contribution in [0.5, 0.6) is 0 Å². The molecule has 4 heterocycles. The van der Waals surface area contributed by atoms with E-state index >= 15 is 0 Å². The number of benzene rings is 1. The van der Waals surface area contributed by atoms with Gasteiger partial charge in [0.05, 0.1) is 16.3 Å².